The highest BCUT2D eigenvalue weighted by molar-refractivity contribution is 5.84. The van der Waals surface area contributed by atoms with E-state index in [4.69, 9.17) is 0 Å². The van der Waals surface area contributed by atoms with Crippen molar-refractivity contribution in [1.29, 1.82) is 0 Å². The fraction of sp³-hybridized carbons (Fsp3) is 0.200. The van der Waals surface area contributed by atoms with Crippen molar-refractivity contribution >= 4 is 10.8 Å². The predicted octanol–water partition coefficient (Wildman–Crippen LogP) is 2.24. The van der Waals surface area contributed by atoms with Gasteiger partial charge in [0.1, 0.15) is 6.10 Å². The second-order valence-corrected chi connectivity index (χ2v) is 4.66. The molecule has 0 saturated heterocycles. The van der Waals surface area contributed by atoms with Gasteiger partial charge in [0.2, 0.25) is 0 Å². The van der Waals surface area contributed by atoms with Crippen LogP contribution in [-0.4, -0.2) is 19.9 Å². The molecule has 0 radical (unpaired) electrons. The van der Waals surface area contributed by atoms with Crippen molar-refractivity contribution in [2.45, 2.75) is 12.5 Å². The number of pyridine rings is 1. The van der Waals surface area contributed by atoms with Crippen LogP contribution in [0.15, 0.2) is 48.9 Å². The molecule has 2 aromatic heterocycles. The van der Waals surface area contributed by atoms with Crippen LogP contribution in [-0.2, 0) is 13.5 Å². The van der Waals surface area contributed by atoms with Crippen LogP contribution >= 0.6 is 0 Å². The van der Waals surface area contributed by atoms with E-state index < -0.39 is 6.10 Å². The molecule has 4 heteroatoms. The van der Waals surface area contributed by atoms with Crippen LogP contribution in [0, 0.1) is 0 Å². The first-order valence-electron chi connectivity index (χ1n) is 6.23. The van der Waals surface area contributed by atoms with Crippen molar-refractivity contribution in [1.82, 2.24) is 14.8 Å². The molecule has 3 aromatic rings. The van der Waals surface area contributed by atoms with E-state index in [-0.39, 0.29) is 0 Å². The minimum Gasteiger partial charge on any atom is -0.386 e. The minimum atomic E-state index is -0.615. The zero-order chi connectivity index (χ0) is 13.2. The van der Waals surface area contributed by atoms with E-state index >= 15 is 0 Å². The van der Waals surface area contributed by atoms with Gasteiger partial charge in [-0.3, -0.25) is 9.67 Å². The van der Waals surface area contributed by atoms with Crippen LogP contribution in [0.2, 0.25) is 0 Å². The zero-order valence-corrected chi connectivity index (χ0v) is 10.7. The summed E-state index contributed by atoms with van der Waals surface area (Å²) in [6, 6.07) is 9.92. The fourth-order valence-corrected chi connectivity index (χ4v) is 2.31. The van der Waals surface area contributed by atoms with Gasteiger partial charge in [-0.15, -0.1) is 0 Å². The highest BCUT2D eigenvalue weighted by atomic mass is 16.3. The topological polar surface area (TPSA) is 50.9 Å². The Morgan fingerprint density at radius 3 is 2.89 bits per heavy atom. The van der Waals surface area contributed by atoms with Crippen LogP contribution in [0.1, 0.15) is 17.4 Å². The summed E-state index contributed by atoms with van der Waals surface area (Å²) in [6.07, 6.45) is 5.33. The van der Waals surface area contributed by atoms with Crippen molar-refractivity contribution in [3.05, 3.63) is 60.2 Å². The Balaban J connectivity index is 1.95. The smallest absolute Gasteiger partial charge is 0.101 e. The van der Waals surface area contributed by atoms with E-state index in [1.807, 2.05) is 43.6 Å². The quantitative estimate of drug-likeness (QED) is 0.779. The molecule has 0 aliphatic rings. The normalized spacial score (nSPS) is 12.7. The van der Waals surface area contributed by atoms with Crippen LogP contribution in [0.5, 0.6) is 0 Å². The van der Waals surface area contributed by atoms with Gasteiger partial charge in [-0.2, -0.15) is 5.10 Å². The molecule has 96 valence electrons. The Kier molecular flexibility index (Phi) is 3.01. The van der Waals surface area contributed by atoms with E-state index in [1.165, 1.54) is 0 Å². The van der Waals surface area contributed by atoms with E-state index in [2.05, 4.69) is 10.1 Å². The molecule has 0 spiro atoms. The van der Waals surface area contributed by atoms with E-state index in [0.717, 1.165) is 22.0 Å². The van der Waals surface area contributed by atoms with Gasteiger partial charge in [0.25, 0.3) is 0 Å². The van der Waals surface area contributed by atoms with Crippen LogP contribution < -0.4 is 0 Å². The largest absolute Gasteiger partial charge is 0.386 e. The lowest BCUT2D eigenvalue weighted by molar-refractivity contribution is 0.175. The summed E-state index contributed by atoms with van der Waals surface area (Å²) < 4.78 is 1.73. The number of aliphatic hydroxyl groups is 1. The van der Waals surface area contributed by atoms with Crippen LogP contribution in [0.4, 0.5) is 0 Å². The lowest BCUT2D eigenvalue weighted by atomic mass is 10.0. The van der Waals surface area contributed by atoms with Crippen LogP contribution in [0.25, 0.3) is 10.8 Å². The molecule has 0 amide bonds. The highest BCUT2D eigenvalue weighted by Crippen LogP contribution is 2.24. The average Bonchev–Trinajstić information content (AvgIpc) is 2.83. The number of rotatable bonds is 3. The van der Waals surface area contributed by atoms with Crippen molar-refractivity contribution in [3.63, 3.8) is 0 Å². The number of aromatic nitrogens is 3. The SMILES string of the molecule is Cn1cc(CC(O)c2nccc3ccccc23)cn1. The monoisotopic (exact) mass is 253 g/mol. The molecule has 3 rings (SSSR count). The summed E-state index contributed by atoms with van der Waals surface area (Å²) in [7, 11) is 1.87. The zero-order valence-electron chi connectivity index (χ0n) is 10.7. The van der Waals surface area contributed by atoms with Gasteiger partial charge in [-0.05, 0) is 17.0 Å². The van der Waals surface area contributed by atoms with Gasteiger partial charge in [0.05, 0.1) is 11.9 Å². The van der Waals surface area contributed by atoms with Gasteiger partial charge in [-0.25, -0.2) is 0 Å². The second-order valence-electron chi connectivity index (χ2n) is 4.66. The molecule has 0 aliphatic heterocycles. The number of hydrogen-bond acceptors (Lipinski definition) is 3. The van der Waals surface area contributed by atoms with E-state index in [1.54, 1.807) is 17.1 Å². The molecular formula is C15H15N3O. The Morgan fingerprint density at radius 1 is 1.26 bits per heavy atom. The van der Waals surface area contributed by atoms with Gasteiger partial charge in [0, 0.05) is 31.2 Å². The standard InChI is InChI=1S/C15H15N3O/c1-18-10-11(9-17-18)8-14(19)15-13-5-3-2-4-12(13)6-7-16-15/h2-7,9-10,14,19H,8H2,1H3. The third-order valence-electron chi connectivity index (χ3n) is 3.21. The molecule has 1 atom stereocenters. The van der Waals surface area contributed by atoms with Crippen molar-refractivity contribution in [2.24, 2.45) is 7.05 Å². The third kappa shape index (κ3) is 2.35. The summed E-state index contributed by atoms with van der Waals surface area (Å²) in [5.74, 6) is 0. The Bertz CT molecular complexity index is 700. The molecule has 0 saturated carbocycles. The highest BCUT2D eigenvalue weighted by Gasteiger charge is 2.14. The molecular weight excluding hydrogens is 238 g/mol. The molecule has 1 N–H and O–H groups in total. The predicted molar refractivity (Wildman–Crippen MR) is 73.6 cm³/mol. The summed E-state index contributed by atoms with van der Waals surface area (Å²) in [6.45, 7) is 0. The van der Waals surface area contributed by atoms with Gasteiger partial charge in [0.15, 0.2) is 0 Å². The molecule has 0 aliphatic carbocycles. The maximum atomic E-state index is 10.4. The molecule has 4 nitrogen and oxygen atoms in total. The fourth-order valence-electron chi connectivity index (χ4n) is 2.31. The van der Waals surface area contributed by atoms with Crippen molar-refractivity contribution in [3.8, 4) is 0 Å². The molecule has 1 unspecified atom stereocenters. The van der Waals surface area contributed by atoms with Gasteiger partial charge in [-0.1, -0.05) is 24.3 Å². The maximum Gasteiger partial charge on any atom is 0.101 e. The Morgan fingerprint density at radius 2 is 2.11 bits per heavy atom. The number of hydrogen-bond donors (Lipinski definition) is 1. The first-order valence-corrected chi connectivity index (χ1v) is 6.23. The second kappa shape index (κ2) is 4.82. The minimum absolute atomic E-state index is 0.523. The third-order valence-corrected chi connectivity index (χ3v) is 3.21. The average molecular weight is 253 g/mol. The lowest BCUT2D eigenvalue weighted by Gasteiger charge is -2.11. The number of aryl methyl sites for hydroxylation is 1. The lowest BCUT2D eigenvalue weighted by Crippen LogP contribution is -2.04. The van der Waals surface area contributed by atoms with Crippen molar-refractivity contribution in [2.75, 3.05) is 0 Å². The van der Waals surface area contributed by atoms with Crippen LogP contribution in [0.3, 0.4) is 0 Å². The summed E-state index contributed by atoms with van der Waals surface area (Å²) in [4.78, 5) is 4.33. The molecule has 2 heterocycles. The van der Waals surface area contributed by atoms with Gasteiger partial charge >= 0.3 is 0 Å². The summed E-state index contributed by atoms with van der Waals surface area (Å²) in [5.41, 5.74) is 1.73. The molecule has 1 aromatic carbocycles. The Labute approximate surface area is 111 Å². The number of nitrogens with zero attached hydrogens (tertiary/aromatic N) is 3. The first kappa shape index (κ1) is 11.9. The molecule has 19 heavy (non-hydrogen) atoms. The Hall–Kier alpha value is -2.20. The van der Waals surface area contributed by atoms with E-state index in [9.17, 15) is 5.11 Å². The molecule has 0 bridgehead atoms. The van der Waals surface area contributed by atoms with Gasteiger partial charge < -0.3 is 5.11 Å². The number of benzene rings is 1. The summed E-state index contributed by atoms with van der Waals surface area (Å²) >= 11 is 0. The van der Waals surface area contributed by atoms with Crippen molar-refractivity contribution < 1.29 is 5.11 Å². The first-order chi connectivity index (χ1) is 9.24. The molecule has 0 fully saturated rings. The number of aliphatic hydroxyl groups excluding tert-OH is 1. The van der Waals surface area contributed by atoms with E-state index in [0.29, 0.717) is 6.42 Å². The summed E-state index contributed by atoms with van der Waals surface area (Å²) in [5, 5.41) is 16.6. The maximum absolute atomic E-state index is 10.4. The number of fused-ring (bicyclic) bond motifs is 1.